The third kappa shape index (κ3) is 2.87. The molecule has 9 nitrogen and oxygen atoms in total. The number of hydrogen-bond donors (Lipinski definition) is 0. The molecule has 2 aromatic heterocycles. The maximum Gasteiger partial charge on any atom is 0.256 e. The van der Waals surface area contributed by atoms with E-state index in [1.54, 1.807) is 17.4 Å². The van der Waals surface area contributed by atoms with Gasteiger partial charge in [0.2, 0.25) is 11.8 Å². The Labute approximate surface area is 151 Å². The number of fused-ring (bicyclic) bond motifs is 1. The molecule has 0 N–H and O–H groups in total. The highest BCUT2D eigenvalue weighted by Crippen LogP contribution is 2.22. The zero-order chi connectivity index (χ0) is 18.1. The summed E-state index contributed by atoms with van der Waals surface area (Å²) >= 11 is 0. The molecular formula is C17H23N7O2. The van der Waals surface area contributed by atoms with Crippen LogP contribution in [0.15, 0.2) is 18.6 Å². The molecule has 2 saturated heterocycles. The van der Waals surface area contributed by atoms with Crippen LogP contribution in [-0.4, -0.2) is 80.0 Å². The zero-order valence-electron chi connectivity index (χ0n) is 14.9. The van der Waals surface area contributed by atoms with Gasteiger partial charge in [-0.15, -0.1) is 10.2 Å². The second-order valence-electron chi connectivity index (χ2n) is 6.72. The molecule has 1 atom stereocenters. The number of likely N-dealkylation sites (tertiary alicyclic amines) is 1. The smallest absolute Gasteiger partial charge is 0.256 e. The Balaban J connectivity index is 1.43. The molecule has 26 heavy (non-hydrogen) atoms. The molecule has 2 aromatic rings. The van der Waals surface area contributed by atoms with Crippen molar-refractivity contribution < 1.29 is 9.59 Å². The van der Waals surface area contributed by atoms with Gasteiger partial charge in [-0.1, -0.05) is 6.92 Å². The molecule has 0 unspecified atom stereocenters. The first-order chi connectivity index (χ1) is 12.7. The summed E-state index contributed by atoms with van der Waals surface area (Å²) < 4.78 is 1.86. The molecule has 4 heterocycles. The molecule has 0 saturated carbocycles. The third-order valence-electron chi connectivity index (χ3n) is 5.27. The summed E-state index contributed by atoms with van der Waals surface area (Å²) in [6.07, 6.45) is 5.52. The summed E-state index contributed by atoms with van der Waals surface area (Å²) in [4.78, 5) is 35.1. The highest BCUT2D eigenvalue weighted by atomic mass is 16.2. The minimum Gasteiger partial charge on any atom is -0.354 e. The van der Waals surface area contributed by atoms with Gasteiger partial charge in [0.15, 0.2) is 0 Å². The Hall–Kier alpha value is -2.71. The lowest BCUT2D eigenvalue weighted by molar-refractivity contribution is -0.143. The van der Waals surface area contributed by atoms with Crippen LogP contribution in [0.4, 0.5) is 5.82 Å². The number of amides is 2. The molecular weight excluding hydrogens is 334 g/mol. The molecule has 2 aliphatic heterocycles. The molecule has 0 aliphatic carbocycles. The Morgan fingerprint density at radius 3 is 2.77 bits per heavy atom. The van der Waals surface area contributed by atoms with Crippen molar-refractivity contribution in [3.05, 3.63) is 18.6 Å². The molecule has 138 valence electrons. The number of piperazine rings is 1. The van der Waals surface area contributed by atoms with Gasteiger partial charge in [-0.3, -0.25) is 14.0 Å². The maximum absolute atomic E-state index is 12.9. The van der Waals surface area contributed by atoms with E-state index in [4.69, 9.17) is 0 Å². The van der Waals surface area contributed by atoms with Crippen LogP contribution in [-0.2, 0) is 9.59 Å². The van der Waals surface area contributed by atoms with Crippen LogP contribution in [0.1, 0.15) is 26.2 Å². The molecule has 0 aromatic carbocycles. The van der Waals surface area contributed by atoms with Crippen LogP contribution in [0.3, 0.4) is 0 Å². The first-order valence-electron chi connectivity index (χ1n) is 9.17. The zero-order valence-corrected chi connectivity index (χ0v) is 14.9. The van der Waals surface area contributed by atoms with Crippen molar-refractivity contribution in [2.24, 2.45) is 0 Å². The van der Waals surface area contributed by atoms with E-state index in [9.17, 15) is 9.59 Å². The second kappa shape index (κ2) is 6.89. The van der Waals surface area contributed by atoms with Gasteiger partial charge in [-0.2, -0.15) is 0 Å². The number of anilines is 1. The van der Waals surface area contributed by atoms with Gasteiger partial charge in [0.1, 0.15) is 18.2 Å². The molecule has 2 fully saturated rings. The maximum atomic E-state index is 12.9. The molecule has 0 spiro atoms. The van der Waals surface area contributed by atoms with Crippen LogP contribution in [0.25, 0.3) is 5.78 Å². The number of carbonyl (C=O) groups is 2. The fraction of sp³-hybridized carbons (Fsp3) is 0.588. The highest BCUT2D eigenvalue weighted by molar-refractivity contribution is 5.88. The van der Waals surface area contributed by atoms with Crippen molar-refractivity contribution in [3.63, 3.8) is 0 Å². The van der Waals surface area contributed by atoms with Gasteiger partial charge < -0.3 is 14.7 Å². The lowest BCUT2D eigenvalue weighted by Crippen LogP contribution is -2.54. The molecule has 9 heteroatoms. The SMILES string of the molecule is CCC(=O)N1CCC[C@H]1C(=O)N1CCN(c2ccnc3nncn23)CC1. The number of carbonyl (C=O) groups excluding carboxylic acids is 2. The Morgan fingerprint density at radius 1 is 1.19 bits per heavy atom. The lowest BCUT2D eigenvalue weighted by atomic mass is 10.1. The molecule has 4 rings (SSSR count). The molecule has 0 bridgehead atoms. The summed E-state index contributed by atoms with van der Waals surface area (Å²) in [5, 5.41) is 7.88. The lowest BCUT2D eigenvalue weighted by Gasteiger charge is -2.38. The minimum atomic E-state index is -0.278. The summed E-state index contributed by atoms with van der Waals surface area (Å²) in [5.41, 5.74) is 0. The van der Waals surface area contributed by atoms with Crippen LogP contribution < -0.4 is 4.90 Å². The predicted octanol–water partition coefficient (Wildman–Crippen LogP) is 0.174. The molecule has 2 amide bonds. The van der Waals surface area contributed by atoms with Gasteiger partial charge in [-0.25, -0.2) is 4.98 Å². The summed E-state index contributed by atoms with van der Waals surface area (Å²) in [7, 11) is 0. The fourth-order valence-electron chi connectivity index (χ4n) is 3.88. The monoisotopic (exact) mass is 357 g/mol. The number of hydrogen-bond acceptors (Lipinski definition) is 6. The van der Waals surface area contributed by atoms with Gasteiger partial charge in [0, 0.05) is 45.3 Å². The largest absolute Gasteiger partial charge is 0.354 e. The van der Waals surface area contributed by atoms with E-state index in [-0.39, 0.29) is 17.9 Å². The van der Waals surface area contributed by atoms with Crippen molar-refractivity contribution in [3.8, 4) is 0 Å². The van der Waals surface area contributed by atoms with E-state index >= 15 is 0 Å². The number of aromatic nitrogens is 4. The van der Waals surface area contributed by atoms with E-state index in [0.29, 0.717) is 31.8 Å². The minimum absolute atomic E-state index is 0.0753. The topological polar surface area (TPSA) is 86.9 Å². The number of rotatable bonds is 3. The van der Waals surface area contributed by atoms with Crippen LogP contribution in [0.2, 0.25) is 0 Å². The van der Waals surface area contributed by atoms with E-state index in [0.717, 1.165) is 31.7 Å². The fourth-order valence-corrected chi connectivity index (χ4v) is 3.88. The standard InChI is InChI=1S/C17H23N7O2/c1-2-15(25)23-7-3-4-13(23)16(26)22-10-8-21(9-11-22)14-5-6-18-17-20-19-12-24(14)17/h5-6,12-13H,2-4,7-11H2,1H3/t13-/m0/s1. The second-order valence-corrected chi connectivity index (χ2v) is 6.72. The summed E-state index contributed by atoms with van der Waals surface area (Å²) in [6.45, 7) is 5.31. The van der Waals surface area contributed by atoms with Crippen molar-refractivity contribution in [2.75, 3.05) is 37.6 Å². The van der Waals surface area contributed by atoms with E-state index in [2.05, 4.69) is 20.1 Å². The van der Waals surface area contributed by atoms with Gasteiger partial charge in [-0.05, 0) is 18.9 Å². The molecule has 2 aliphatic rings. The summed E-state index contributed by atoms with van der Waals surface area (Å²) in [5.74, 6) is 1.72. The Bertz CT molecular complexity index is 812. The average Bonchev–Trinajstić information content (AvgIpc) is 3.36. The van der Waals surface area contributed by atoms with Gasteiger partial charge in [0.05, 0.1) is 0 Å². The van der Waals surface area contributed by atoms with Crippen molar-refractivity contribution in [1.29, 1.82) is 0 Å². The van der Waals surface area contributed by atoms with Crippen molar-refractivity contribution in [2.45, 2.75) is 32.2 Å². The van der Waals surface area contributed by atoms with E-state index < -0.39 is 0 Å². The van der Waals surface area contributed by atoms with Crippen LogP contribution >= 0.6 is 0 Å². The first-order valence-corrected chi connectivity index (χ1v) is 9.17. The average molecular weight is 357 g/mol. The highest BCUT2D eigenvalue weighted by Gasteiger charge is 2.36. The Kier molecular flexibility index (Phi) is 4.44. The summed E-state index contributed by atoms with van der Waals surface area (Å²) in [6, 6.07) is 1.66. The van der Waals surface area contributed by atoms with Crippen molar-refractivity contribution >= 4 is 23.4 Å². The van der Waals surface area contributed by atoms with E-state index in [1.165, 1.54) is 0 Å². The normalized spacial score (nSPS) is 20.8. The van der Waals surface area contributed by atoms with E-state index in [1.807, 2.05) is 22.3 Å². The van der Waals surface area contributed by atoms with Crippen molar-refractivity contribution in [1.82, 2.24) is 29.4 Å². The van der Waals surface area contributed by atoms with Crippen LogP contribution in [0.5, 0.6) is 0 Å². The van der Waals surface area contributed by atoms with Crippen LogP contribution in [0, 0.1) is 0 Å². The first kappa shape index (κ1) is 16.7. The quantitative estimate of drug-likeness (QED) is 0.778. The Morgan fingerprint density at radius 2 is 2.00 bits per heavy atom. The molecule has 0 radical (unpaired) electrons. The predicted molar refractivity (Wildman–Crippen MR) is 94.6 cm³/mol. The van der Waals surface area contributed by atoms with Gasteiger partial charge in [0.25, 0.3) is 5.78 Å². The number of nitrogens with zero attached hydrogens (tertiary/aromatic N) is 7. The van der Waals surface area contributed by atoms with Gasteiger partial charge >= 0.3 is 0 Å². The third-order valence-corrected chi connectivity index (χ3v) is 5.27.